The zero-order valence-corrected chi connectivity index (χ0v) is 14.2. The van der Waals surface area contributed by atoms with Gasteiger partial charge in [0.15, 0.2) is 0 Å². The van der Waals surface area contributed by atoms with Crippen LogP contribution in [-0.4, -0.2) is 54.2 Å². The third-order valence-electron chi connectivity index (χ3n) is 3.86. The van der Waals surface area contributed by atoms with Crippen molar-refractivity contribution in [2.45, 2.75) is 38.3 Å². The van der Waals surface area contributed by atoms with Crippen molar-refractivity contribution in [3.63, 3.8) is 0 Å². The molecule has 1 heterocycles. The lowest BCUT2D eigenvalue weighted by Crippen LogP contribution is -2.62. The third-order valence-corrected chi connectivity index (χ3v) is 6.97. The van der Waals surface area contributed by atoms with E-state index in [-0.39, 0.29) is 17.5 Å². The molecule has 21 heavy (non-hydrogen) atoms. The first-order valence-corrected chi connectivity index (χ1v) is 9.08. The summed E-state index contributed by atoms with van der Waals surface area (Å²) in [5.74, 6) is -1.15. The SMILES string of the molecule is CCC(NC(=O)C1CCCCNC1=O)[Si](OC)(OC)OC. The fourth-order valence-corrected chi connectivity index (χ4v) is 4.75. The minimum atomic E-state index is -2.97. The van der Waals surface area contributed by atoms with Crippen molar-refractivity contribution in [2.75, 3.05) is 27.9 Å². The Hall–Kier alpha value is -0.963. The maximum Gasteiger partial charge on any atom is 0.523 e. The van der Waals surface area contributed by atoms with Crippen molar-refractivity contribution in [3.8, 4) is 0 Å². The van der Waals surface area contributed by atoms with Gasteiger partial charge >= 0.3 is 8.80 Å². The van der Waals surface area contributed by atoms with Crippen LogP contribution in [-0.2, 0) is 22.9 Å². The quantitative estimate of drug-likeness (QED) is 0.518. The Bertz CT molecular complexity index is 354. The number of nitrogens with one attached hydrogen (secondary N) is 2. The normalized spacial score (nSPS) is 21.3. The molecule has 1 aliphatic heterocycles. The van der Waals surface area contributed by atoms with E-state index in [4.69, 9.17) is 13.3 Å². The molecule has 0 spiro atoms. The molecule has 1 saturated heterocycles. The molecule has 1 rings (SSSR count). The number of carbonyl (C=O) groups is 2. The lowest BCUT2D eigenvalue weighted by molar-refractivity contribution is -0.135. The summed E-state index contributed by atoms with van der Waals surface area (Å²) in [6, 6.07) is 0. The summed E-state index contributed by atoms with van der Waals surface area (Å²) in [6.45, 7) is 2.55. The predicted molar refractivity (Wildman–Crippen MR) is 79.4 cm³/mol. The molecule has 0 bridgehead atoms. The van der Waals surface area contributed by atoms with Gasteiger partial charge < -0.3 is 23.9 Å². The van der Waals surface area contributed by atoms with E-state index < -0.39 is 14.7 Å². The molecule has 0 aromatic rings. The molecular weight excluding hydrogens is 292 g/mol. The van der Waals surface area contributed by atoms with Gasteiger partial charge in [0, 0.05) is 27.9 Å². The second kappa shape index (κ2) is 8.47. The van der Waals surface area contributed by atoms with Crippen LogP contribution in [0.3, 0.4) is 0 Å². The lowest BCUT2D eigenvalue weighted by atomic mass is 10.0. The highest BCUT2D eigenvalue weighted by molar-refractivity contribution is 6.62. The molecule has 0 radical (unpaired) electrons. The van der Waals surface area contributed by atoms with E-state index in [2.05, 4.69) is 10.6 Å². The predicted octanol–water partition coefficient (Wildman–Crippen LogP) is 0.215. The molecule has 2 N–H and O–H groups in total. The van der Waals surface area contributed by atoms with Crippen molar-refractivity contribution in [2.24, 2.45) is 5.92 Å². The van der Waals surface area contributed by atoms with E-state index in [0.29, 0.717) is 19.4 Å². The zero-order valence-electron chi connectivity index (χ0n) is 13.2. The molecule has 1 fully saturated rings. The number of hydrogen-bond acceptors (Lipinski definition) is 5. The lowest BCUT2D eigenvalue weighted by Gasteiger charge is -2.32. The average Bonchev–Trinajstić information content (AvgIpc) is 2.72. The fourth-order valence-electron chi connectivity index (χ4n) is 2.58. The van der Waals surface area contributed by atoms with Crippen LogP contribution in [0.15, 0.2) is 0 Å². The Balaban J connectivity index is 2.79. The zero-order chi connectivity index (χ0) is 15.9. The minimum absolute atomic E-state index is 0.209. The molecule has 7 nitrogen and oxygen atoms in total. The molecule has 0 saturated carbocycles. The van der Waals surface area contributed by atoms with Crippen LogP contribution in [0, 0.1) is 5.92 Å². The molecule has 2 unspecified atom stereocenters. The second-order valence-electron chi connectivity index (χ2n) is 5.02. The topological polar surface area (TPSA) is 85.9 Å². The fraction of sp³-hybridized carbons (Fsp3) is 0.846. The summed E-state index contributed by atoms with van der Waals surface area (Å²) in [6.07, 6.45) is 2.92. The van der Waals surface area contributed by atoms with Crippen molar-refractivity contribution in [3.05, 3.63) is 0 Å². The highest BCUT2D eigenvalue weighted by Gasteiger charge is 2.48. The van der Waals surface area contributed by atoms with Crippen LogP contribution in [0.25, 0.3) is 0 Å². The summed E-state index contributed by atoms with van der Waals surface area (Å²) in [4.78, 5) is 24.3. The second-order valence-corrected chi connectivity index (χ2v) is 8.15. The van der Waals surface area contributed by atoms with Crippen LogP contribution in [0.4, 0.5) is 0 Å². The summed E-state index contributed by atoms with van der Waals surface area (Å²) >= 11 is 0. The van der Waals surface area contributed by atoms with Gasteiger partial charge in [0.05, 0.1) is 5.67 Å². The van der Waals surface area contributed by atoms with Crippen molar-refractivity contribution in [1.82, 2.24) is 10.6 Å². The van der Waals surface area contributed by atoms with Gasteiger partial charge in [-0.25, -0.2) is 0 Å². The van der Waals surface area contributed by atoms with Gasteiger partial charge in [-0.2, -0.15) is 0 Å². The monoisotopic (exact) mass is 318 g/mol. The van der Waals surface area contributed by atoms with Gasteiger partial charge in [-0.3, -0.25) is 9.59 Å². The van der Waals surface area contributed by atoms with Crippen molar-refractivity contribution in [1.29, 1.82) is 0 Å². The maximum atomic E-state index is 12.4. The van der Waals surface area contributed by atoms with Crippen LogP contribution >= 0.6 is 0 Å². The molecule has 0 aliphatic carbocycles. The minimum Gasteiger partial charge on any atom is -0.376 e. The van der Waals surface area contributed by atoms with Crippen LogP contribution < -0.4 is 10.6 Å². The van der Waals surface area contributed by atoms with Gasteiger partial charge in [-0.1, -0.05) is 13.3 Å². The summed E-state index contributed by atoms with van der Waals surface area (Å²) in [5, 5.41) is 5.64. The van der Waals surface area contributed by atoms with Crippen molar-refractivity contribution < 1.29 is 22.9 Å². The molecule has 1 aliphatic rings. The van der Waals surface area contributed by atoms with Gasteiger partial charge in [0.2, 0.25) is 11.8 Å². The summed E-state index contributed by atoms with van der Waals surface area (Å²) in [5.41, 5.74) is -0.374. The first-order chi connectivity index (χ1) is 10.0. The molecular formula is C13H26N2O5Si. The Labute approximate surface area is 127 Å². The standard InChI is InChI=1S/C13H26N2O5Si/c1-5-11(21(18-2,19-3)20-4)15-13(17)10-8-6-7-9-14-12(10)16/h10-11H,5-9H2,1-4H3,(H,14,16)(H,15,17). The molecule has 0 aromatic heterocycles. The Morgan fingerprint density at radius 2 is 1.95 bits per heavy atom. The van der Waals surface area contributed by atoms with E-state index in [1.807, 2.05) is 6.92 Å². The van der Waals surface area contributed by atoms with Crippen LogP contribution in [0.2, 0.25) is 0 Å². The number of rotatable bonds is 7. The maximum absolute atomic E-state index is 12.4. The third kappa shape index (κ3) is 4.25. The number of carbonyl (C=O) groups excluding carboxylic acids is 2. The molecule has 122 valence electrons. The van der Waals surface area contributed by atoms with E-state index in [0.717, 1.165) is 12.8 Å². The van der Waals surface area contributed by atoms with E-state index in [9.17, 15) is 9.59 Å². The molecule has 2 atom stereocenters. The number of hydrogen-bond donors (Lipinski definition) is 2. The Morgan fingerprint density at radius 3 is 2.48 bits per heavy atom. The van der Waals surface area contributed by atoms with Crippen LogP contribution in [0.5, 0.6) is 0 Å². The summed E-state index contributed by atoms with van der Waals surface area (Å²) in [7, 11) is 1.55. The van der Waals surface area contributed by atoms with E-state index >= 15 is 0 Å². The van der Waals surface area contributed by atoms with Gasteiger partial charge in [0.25, 0.3) is 0 Å². The van der Waals surface area contributed by atoms with Gasteiger partial charge in [0.1, 0.15) is 5.92 Å². The average molecular weight is 318 g/mol. The Kier molecular flexibility index (Phi) is 7.30. The highest BCUT2D eigenvalue weighted by Crippen LogP contribution is 2.18. The first-order valence-electron chi connectivity index (χ1n) is 7.28. The van der Waals surface area contributed by atoms with E-state index in [1.165, 1.54) is 21.3 Å². The molecule has 8 heteroatoms. The van der Waals surface area contributed by atoms with Crippen molar-refractivity contribution >= 4 is 20.6 Å². The highest BCUT2D eigenvalue weighted by atomic mass is 28.4. The molecule has 2 amide bonds. The summed E-state index contributed by atoms with van der Waals surface area (Å²) < 4.78 is 16.2. The Morgan fingerprint density at radius 1 is 1.33 bits per heavy atom. The van der Waals surface area contributed by atoms with Gasteiger partial charge in [-0.05, 0) is 19.3 Å². The molecule has 0 aromatic carbocycles. The number of amides is 2. The first kappa shape index (κ1) is 18.1. The largest absolute Gasteiger partial charge is 0.523 e. The van der Waals surface area contributed by atoms with Crippen LogP contribution in [0.1, 0.15) is 32.6 Å². The smallest absolute Gasteiger partial charge is 0.376 e. The van der Waals surface area contributed by atoms with Gasteiger partial charge in [-0.15, -0.1) is 0 Å². The van der Waals surface area contributed by atoms with E-state index in [1.54, 1.807) is 0 Å².